The molecule has 1 saturated carbocycles. The number of carboxylic acid groups (broad SMARTS) is 1. The van der Waals surface area contributed by atoms with Crippen molar-refractivity contribution >= 4 is 12.0 Å². The summed E-state index contributed by atoms with van der Waals surface area (Å²) in [6, 6.07) is -0.946. The molecule has 2 aliphatic rings. The lowest BCUT2D eigenvalue weighted by Crippen LogP contribution is -2.53. The van der Waals surface area contributed by atoms with Crippen LogP contribution in [0.2, 0.25) is 0 Å². The number of hydrogen-bond acceptors (Lipinski definition) is 3. The summed E-state index contributed by atoms with van der Waals surface area (Å²) >= 11 is 0. The van der Waals surface area contributed by atoms with Crippen LogP contribution in [0.3, 0.4) is 0 Å². The van der Waals surface area contributed by atoms with Crippen LogP contribution in [-0.2, 0) is 9.53 Å². The van der Waals surface area contributed by atoms with Crippen LogP contribution < -0.4 is 5.32 Å². The number of carboxylic acids is 1. The maximum Gasteiger partial charge on any atom is 0.326 e. The van der Waals surface area contributed by atoms with Gasteiger partial charge in [0.05, 0.1) is 12.1 Å². The molecule has 0 radical (unpaired) electrons. The first-order valence-electron chi connectivity index (χ1n) is 7.46. The molecule has 0 spiro atoms. The summed E-state index contributed by atoms with van der Waals surface area (Å²) in [6.45, 7) is 0.521. The van der Waals surface area contributed by atoms with Crippen LogP contribution in [0.25, 0.3) is 0 Å². The van der Waals surface area contributed by atoms with Crippen LogP contribution in [0.5, 0.6) is 0 Å². The summed E-state index contributed by atoms with van der Waals surface area (Å²) in [5.41, 5.74) is 0. The highest BCUT2D eigenvalue weighted by molar-refractivity contribution is 5.82. The minimum absolute atomic E-state index is 0.00481. The Morgan fingerprint density at radius 1 is 1.15 bits per heavy atom. The number of nitrogens with zero attached hydrogens (tertiary/aromatic N) is 1. The predicted molar refractivity (Wildman–Crippen MR) is 73.6 cm³/mol. The normalized spacial score (nSPS) is 30.9. The first kappa shape index (κ1) is 15.1. The van der Waals surface area contributed by atoms with E-state index in [9.17, 15) is 14.7 Å². The Morgan fingerprint density at radius 2 is 1.95 bits per heavy atom. The molecule has 3 unspecified atom stereocenters. The number of rotatable bonds is 3. The van der Waals surface area contributed by atoms with Crippen molar-refractivity contribution in [3.63, 3.8) is 0 Å². The lowest BCUT2D eigenvalue weighted by Gasteiger charge is -2.29. The summed E-state index contributed by atoms with van der Waals surface area (Å²) in [7, 11) is 1.65. The molecule has 2 fully saturated rings. The summed E-state index contributed by atoms with van der Waals surface area (Å²) in [6.07, 6.45) is 6.19. The summed E-state index contributed by atoms with van der Waals surface area (Å²) in [4.78, 5) is 25.2. The van der Waals surface area contributed by atoms with E-state index in [0.717, 1.165) is 38.5 Å². The fourth-order valence-corrected chi connectivity index (χ4v) is 3.22. The van der Waals surface area contributed by atoms with E-state index >= 15 is 0 Å². The topological polar surface area (TPSA) is 78.9 Å². The molecule has 2 amide bonds. The predicted octanol–water partition coefficient (Wildman–Crippen LogP) is 1.59. The second-order valence-corrected chi connectivity index (χ2v) is 5.66. The maximum absolute atomic E-state index is 12.4. The van der Waals surface area contributed by atoms with Crippen molar-refractivity contribution < 1.29 is 19.4 Å². The molecule has 1 aliphatic heterocycles. The number of carbonyl (C=O) groups is 2. The highest BCUT2D eigenvalue weighted by Gasteiger charge is 2.34. The van der Waals surface area contributed by atoms with Gasteiger partial charge in [-0.1, -0.05) is 12.8 Å². The molecule has 2 N–H and O–H groups in total. The maximum atomic E-state index is 12.4. The number of ether oxygens (including phenoxy) is 1. The van der Waals surface area contributed by atoms with Crippen LogP contribution in [0, 0.1) is 0 Å². The average Bonchev–Trinajstić information content (AvgIpc) is 2.72. The Hall–Kier alpha value is -1.30. The van der Waals surface area contributed by atoms with Crippen molar-refractivity contribution in [2.45, 2.75) is 63.1 Å². The highest BCUT2D eigenvalue weighted by atomic mass is 16.5. The van der Waals surface area contributed by atoms with E-state index in [2.05, 4.69) is 5.32 Å². The lowest BCUT2D eigenvalue weighted by molar-refractivity contribution is -0.142. The Morgan fingerprint density at radius 3 is 2.65 bits per heavy atom. The van der Waals surface area contributed by atoms with Gasteiger partial charge in [-0.2, -0.15) is 0 Å². The molecular formula is C14H24N2O4. The molecule has 6 heteroatoms. The standard InChI is InChI=1S/C14H24N2O4/c1-20-12-8-5-6-10(12)15-14(19)16-9-4-2-3-7-11(16)13(17)18/h10-12H,2-9H2,1H3,(H,15,19)(H,17,18). The lowest BCUT2D eigenvalue weighted by atomic mass is 10.1. The second kappa shape index (κ2) is 6.92. The van der Waals surface area contributed by atoms with E-state index in [1.54, 1.807) is 7.11 Å². The Balaban J connectivity index is 1.99. The second-order valence-electron chi connectivity index (χ2n) is 5.66. The van der Waals surface area contributed by atoms with Crippen LogP contribution in [-0.4, -0.2) is 53.8 Å². The molecule has 20 heavy (non-hydrogen) atoms. The minimum atomic E-state index is -0.906. The largest absolute Gasteiger partial charge is 0.480 e. The first-order chi connectivity index (χ1) is 9.63. The van der Waals surface area contributed by atoms with Gasteiger partial charge in [-0.3, -0.25) is 0 Å². The van der Waals surface area contributed by atoms with Crippen LogP contribution >= 0.6 is 0 Å². The van der Waals surface area contributed by atoms with E-state index in [4.69, 9.17) is 4.74 Å². The smallest absolute Gasteiger partial charge is 0.326 e. The number of hydrogen-bond donors (Lipinski definition) is 2. The third-order valence-electron chi connectivity index (χ3n) is 4.36. The molecule has 0 bridgehead atoms. The molecule has 0 aromatic heterocycles. The molecule has 1 heterocycles. The number of likely N-dealkylation sites (tertiary alicyclic amines) is 1. The fraction of sp³-hybridized carbons (Fsp3) is 0.857. The summed E-state index contributed by atoms with van der Waals surface area (Å²) < 4.78 is 5.36. The van der Waals surface area contributed by atoms with E-state index < -0.39 is 12.0 Å². The first-order valence-corrected chi connectivity index (χ1v) is 7.46. The van der Waals surface area contributed by atoms with Crippen molar-refractivity contribution in [2.24, 2.45) is 0 Å². The van der Waals surface area contributed by atoms with Crippen molar-refractivity contribution in [3.8, 4) is 0 Å². The monoisotopic (exact) mass is 284 g/mol. The SMILES string of the molecule is COC1CCCC1NC(=O)N1CCCCCC1C(=O)O. The van der Waals surface area contributed by atoms with E-state index in [1.807, 2.05) is 0 Å². The minimum Gasteiger partial charge on any atom is -0.480 e. The molecule has 1 aliphatic carbocycles. The van der Waals surface area contributed by atoms with Crippen LogP contribution in [0.1, 0.15) is 44.9 Å². The zero-order chi connectivity index (χ0) is 14.5. The number of amides is 2. The number of carbonyl (C=O) groups excluding carboxylic acids is 1. The van der Waals surface area contributed by atoms with Gasteiger partial charge in [0.1, 0.15) is 6.04 Å². The van der Waals surface area contributed by atoms with Gasteiger partial charge in [0.15, 0.2) is 0 Å². The molecule has 0 aromatic rings. The molecule has 1 saturated heterocycles. The van der Waals surface area contributed by atoms with Gasteiger partial charge in [-0.05, 0) is 32.1 Å². The van der Waals surface area contributed by atoms with Gasteiger partial charge in [0.25, 0.3) is 0 Å². The third kappa shape index (κ3) is 3.42. The quantitative estimate of drug-likeness (QED) is 0.825. The number of aliphatic carboxylic acids is 1. The molecule has 0 aromatic carbocycles. The fourth-order valence-electron chi connectivity index (χ4n) is 3.22. The molecule has 6 nitrogen and oxygen atoms in total. The van der Waals surface area contributed by atoms with E-state index in [0.29, 0.717) is 13.0 Å². The van der Waals surface area contributed by atoms with Crippen molar-refractivity contribution in [3.05, 3.63) is 0 Å². The van der Waals surface area contributed by atoms with E-state index in [-0.39, 0.29) is 18.2 Å². The van der Waals surface area contributed by atoms with Crippen LogP contribution in [0.15, 0.2) is 0 Å². The van der Waals surface area contributed by atoms with E-state index in [1.165, 1.54) is 4.90 Å². The summed E-state index contributed by atoms with van der Waals surface area (Å²) in [5.74, 6) is -0.906. The van der Waals surface area contributed by atoms with Crippen molar-refractivity contribution in [2.75, 3.05) is 13.7 Å². The number of methoxy groups -OCH3 is 1. The highest BCUT2D eigenvalue weighted by Crippen LogP contribution is 2.23. The van der Waals surface area contributed by atoms with Crippen molar-refractivity contribution in [1.82, 2.24) is 10.2 Å². The van der Waals surface area contributed by atoms with Gasteiger partial charge < -0.3 is 20.1 Å². The zero-order valence-electron chi connectivity index (χ0n) is 12.0. The zero-order valence-corrected chi connectivity index (χ0v) is 12.0. The van der Waals surface area contributed by atoms with Gasteiger partial charge >= 0.3 is 12.0 Å². The van der Waals surface area contributed by atoms with Gasteiger partial charge in [0.2, 0.25) is 0 Å². The van der Waals surface area contributed by atoms with Gasteiger partial charge in [0, 0.05) is 13.7 Å². The number of nitrogens with one attached hydrogen (secondary N) is 1. The molecule has 3 atom stereocenters. The molecule has 114 valence electrons. The Labute approximate surface area is 119 Å². The number of urea groups is 1. The Bertz CT molecular complexity index is 361. The third-order valence-corrected chi connectivity index (χ3v) is 4.36. The van der Waals surface area contributed by atoms with Gasteiger partial charge in [-0.15, -0.1) is 0 Å². The van der Waals surface area contributed by atoms with Crippen molar-refractivity contribution in [1.29, 1.82) is 0 Å². The summed E-state index contributed by atoms with van der Waals surface area (Å²) in [5, 5.41) is 12.3. The van der Waals surface area contributed by atoms with Gasteiger partial charge in [-0.25, -0.2) is 9.59 Å². The molecule has 2 rings (SSSR count). The molecular weight excluding hydrogens is 260 g/mol. The Kier molecular flexibility index (Phi) is 5.23. The van der Waals surface area contributed by atoms with Crippen LogP contribution in [0.4, 0.5) is 4.79 Å². The average molecular weight is 284 g/mol.